The largest absolute Gasteiger partial charge is 0.489 e. The Kier molecular flexibility index (Phi) is 13.7. The number of primary amides is 1. The number of unbranched alkanes of at least 4 members (excludes halogenated alkanes) is 1. The predicted molar refractivity (Wildman–Crippen MR) is 150 cm³/mol. The molecule has 1 saturated heterocycles. The Labute approximate surface area is 239 Å². The van der Waals surface area contributed by atoms with E-state index >= 15 is 0 Å². The van der Waals surface area contributed by atoms with Crippen molar-refractivity contribution in [2.75, 3.05) is 13.1 Å². The van der Waals surface area contributed by atoms with Crippen LogP contribution in [0.4, 0.5) is 4.79 Å². The van der Waals surface area contributed by atoms with Gasteiger partial charge in [-0.25, -0.2) is 4.79 Å². The normalized spacial score (nSPS) is 17.4. The minimum atomic E-state index is -0.898. The lowest BCUT2D eigenvalue weighted by molar-refractivity contribution is -0.131. The number of ether oxygens (including phenoxy) is 2. The predicted octanol–water partition coefficient (Wildman–Crippen LogP) is 1.18. The van der Waals surface area contributed by atoms with Gasteiger partial charge >= 0.3 is 6.09 Å². The number of nitrogens with two attached hydrogens (primary N) is 1. The van der Waals surface area contributed by atoms with E-state index in [0.29, 0.717) is 44.5 Å². The van der Waals surface area contributed by atoms with Gasteiger partial charge in [-0.15, -0.1) is 12.4 Å². The lowest BCUT2D eigenvalue weighted by atomic mass is 10.1. The van der Waals surface area contributed by atoms with Crippen molar-refractivity contribution in [1.29, 1.82) is 0 Å². The molecular weight excluding hydrogens is 540 g/mol. The second kappa shape index (κ2) is 16.9. The van der Waals surface area contributed by atoms with E-state index in [4.69, 9.17) is 15.2 Å². The molecule has 6 N–H and O–H groups in total. The lowest BCUT2D eigenvalue weighted by Crippen LogP contribution is -2.54. The summed E-state index contributed by atoms with van der Waals surface area (Å²) in [5.41, 5.74) is 6.35. The van der Waals surface area contributed by atoms with Crippen LogP contribution in [0.2, 0.25) is 0 Å². The molecule has 2 heterocycles. The number of hydrogen-bond acceptors (Lipinski definition) is 8. The second-order valence-electron chi connectivity index (χ2n) is 9.30. The van der Waals surface area contributed by atoms with Crippen LogP contribution in [0.5, 0.6) is 5.75 Å². The molecule has 1 aliphatic heterocycles. The van der Waals surface area contributed by atoms with Crippen LogP contribution in [0.1, 0.15) is 38.2 Å². The molecule has 40 heavy (non-hydrogen) atoms. The van der Waals surface area contributed by atoms with Crippen molar-refractivity contribution >= 4 is 36.2 Å². The highest BCUT2D eigenvalue weighted by Gasteiger charge is 2.32. The quantitative estimate of drug-likeness (QED) is 0.208. The molecule has 4 amide bonds. The fraction of sp³-hybridized carbons (Fsp3) is 0.444. The highest BCUT2D eigenvalue weighted by atomic mass is 35.5. The number of hydrogen-bond donors (Lipinski definition) is 5. The third kappa shape index (κ3) is 11.1. The van der Waals surface area contributed by atoms with Crippen molar-refractivity contribution in [1.82, 2.24) is 26.3 Å². The molecule has 2 aromatic rings. The Bertz CT molecular complexity index is 1090. The molecule has 0 aliphatic carbocycles. The SMILES string of the molecule is C[C@H](NC(=O)[C@@H]1C[C@@H](Oc2ccncc2)CN1)C(=O)N[C@@H](CCCCNC(=O)OCc1ccccc1)C(N)=O.Cl. The lowest BCUT2D eigenvalue weighted by Gasteiger charge is -2.21. The number of alkyl carbamates (subject to hydrolysis) is 1. The Balaban J connectivity index is 0.00000560. The van der Waals surface area contributed by atoms with E-state index in [1.807, 2.05) is 30.3 Å². The number of amides is 4. The fourth-order valence-electron chi connectivity index (χ4n) is 4.00. The first kappa shape index (κ1) is 32.3. The number of carbonyl (C=O) groups is 4. The highest BCUT2D eigenvalue weighted by Crippen LogP contribution is 2.16. The number of rotatable bonds is 14. The smallest absolute Gasteiger partial charge is 0.407 e. The highest BCUT2D eigenvalue weighted by molar-refractivity contribution is 5.92. The molecular formula is C27H37ClN6O6. The summed E-state index contributed by atoms with van der Waals surface area (Å²) in [6.07, 6.45) is 4.36. The molecule has 1 fully saturated rings. The summed E-state index contributed by atoms with van der Waals surface area (Å²) in [4.78, 5) is 52.9. The van der Waals surface area contributed by atoms with E-state index in [1.54, 1.807) is 24.5 Å². The van der Waals surface area contributed by atoms with Crippen molar-refractivity contribution in [2.24, 2.45) is 5.73 Å². The molecule has 4 atom stereocenters. The number of benzene rings is 1. The third-order valence-corrected chi connectivity index (χ3v) is 6.17. The van der Waals surface area contributed by atoms with Crippen molar-refractivity contribution in [3.8, 4) is 5.75 Å². The van der Waals surface area contributed by atoms with Crippen LogP contribution in [0.25, 0.3) is 0 Å². The number of aromatic nitrogens is 1. The summed E-state index contributed by atoms with van der Waals surface area (Å²) in [7, 11) is 0. The number of halogens is 1. The van der Waals surface area contributed by atoms with Crippen LogP contribution >= 0.6 is 12.4 Å². The van der Waals surface area contributed by atoms with Crippen molar-refractivity contribution < 1.29 is 28.7 Å². The van der Waals surface area contributed by atoms with Gasteiger partial charge in [0.1, 0.15) is 30.5 Å². The Morgan fingerprint density at radius 1 is 1.07 bits per heavy atom. The third-order valence-electron chi connectivity index (χ3n) is 6.17. The topological polar surface area (TPSA) is 174 Å². The monoisotopic (exact) mass is 576 g/mol. The van der Waals surface area contributed by atoms with Gasteiger partial charge in [-0.05, 0) is 43.9 Å². The van der Waals surface area contributed by atoms with E-state index in [0.717, 1.165) is 5.56 Å². The van der Waals surface area contributed by atoms with Gasteiger partial charge in [0.05, 0.1) is 6.04 Å². The molecule has 1 aromatic heterocycles. The summed E-state index contributed by atoms with van der Waals surface area (Å²) in [5, 5.41) is 11.0. The minimum absolute atomic E-state index is 0. The maximum absolute atomic E-state index is 12.6. The molecule has 218 valence electrons. The summed E-state index contributed by atoms with van der Waals surface area (Å²) in [5.74, 6) is -0.857. The Hall–Kier alpha value is -3.90. The van der Waals surface area contributed by atoms with Crippen LogP contribution in [0.15, 0.2) is 54.9 Å². The molecule has 1 aromatic carbocycles. The maximum atomic E-state index is 12.6. The van der Waals surface area contributed by atoms with E-state index < -0.39 is 36.0 Å². The van der Waals surface area contributed by atoms with Gasteiger partial charge in [0.25, 0.3) is 0 Å². The standard InChI is InChI=1S/C27H36N6O6.ClH/c1-18(32-26(36)23-15-21(16-31-23)39-20-10-13-29-14-11-20)25(35)33-22(24(28)34)9-5-6-12-30-27(37)38-17-19-7-3-2-4-8-19;/h2-4,7-8,10-11,13-14,18,21-23,31H,5-6,9,12,15-17H2,1H3,(H2,28,34)(H,30,37)(H,32,36)(H,33,35);1H/t18-,21+,22-,23-;/m0./s1. The first-order valence-electron chi connectivity index (χ1n) is 13.0. The van der Waals surface area contributed by atoms with Crippen molar-refractivity contribution in [3.05, 3.63) is 60.4 Å². The molecule has 0 bridgehead atoms. The zero-order chi connectivity index (χ0) is 28.0. The molecule has 13 heteroatoms. The van der Waals surface area contributed by atoms with E-state index in [1.165, 1.54) is 6.92 Å². The number of nitrogens with one attached hydrogen (secondary N) is 4. The average Bonchev–Trinajstić information content (AvgIpc) is 3.40. The van der Waals surface area contributed by atoms with Gasteiger partial charge < -0.3 is 36.5 Å². The van der Waals surface area contributed by atoms with Gasteiger partial charge in [-0.1, -0.05) is 30.3 Å². The first-order chi connectivity index (χ1) is 18.8. The van der Waals surface area contributed by atoms with Gasteiger partial charge in [-0.3, -0.25) is 19.4 Å². The molecule has 1 aliphatic rings. The van der Waals surface area contributed by atoms with Gasteiger partial charge in [0.2, 0.25) is 17.7 Å². The van der Waals surface area contributed by atoms with Gasteiger partial charge in [0.15, 0.2) is 0 Å². The Morgan fingerprint density at radius 2 is 1.80 bits per heavy atom. The molecule has 12 nitrogen and oxygen atoms in total. The van der Waals surface area contributed by atoms with E-state index in [2.05, 4.69) is 26.3 Å². The Morgan fingerprint density at radius 3 is 2.50 bits per heavy atom. The molecule has 0 radical (unpaired) electrons. The van der Waals surface area contributed by atoms with E-state index in [9.17, 15) is 19.2 Å². The fourth-order valence-corrected chi connectivity index (χ4v) is 4.00. The zero-order valence-electron chi connectivity index (χ0n) is 22.3. The summed E-state index contributed by atoms with van der Waals surface area (Å²) >= 11 is 0. The molecule has 3 rings (SSSR count). The zero-order valence-corrected chi connectivity index (χ0v) is 23.2. The summed E-state index contributed by atoms with van der Waals surface area (Å²) in [6, 6.07) is 10.5. The van der Waals surface area contributed by atoms with Gasteiger partial charge in [-0.2, -0.15) is 0 Å². The number of nitrogens with zero attached hydrogens (tertiary/aromatic N) is 1. The van der Waals surface area contributed by atoms with Crippen LogP contribution in [0.3, 0.4) is 0 Å². The van der Waals surface area contributed by atoms with Gasteiger partial charge in [0, 0.05) is 31.9 Å². The number of pyridine rings is 1. The van der Waals surface area contributed by atoms with E-state index in [-0.39, 0.29) is 31.0 Å². The van der Waals surface area contributed by atoms with Crippen LogP contribution in [-0.2, 0) is 25.7 Å². The maximum Gasteiger partial charge on any atom is 0.407 e. The summed E-state index contributed by atoms with van der Waals surface area (Å²) < 4.78 is 11.0. The second-order valence-corrected chi connectivity index (χ2v) is 9.30. The average molecular weight is 577 g/mol. The number of carbonyl (C=O) groups excluding carboxylic acids is 4. The van der Waals surface area contributed by atoms with Crippen LogP contribution in [0, 0.1) is 0 Å². The summed E-state index contributed by atoms with van der Waals surface area (Å²) in [6.45, 7) is 2.55. The molecule has 0 saturated carbocycles. The van der Waals surface area contributed by atoms with Crippen LogP contribution in [-0.4, -0.2) is 66.1 Å². The molecule has 0 spiro atoms. The first-order valence-corrected chi connectivity index (χ1v) is 13.0. The molecule has 0 unspecified atom stereocenters. The van der Waals surface area contributed by atoms with Crippen molar-refractivity contribution in [2.45, 2.75) is 63.4 Å². The van der Waals surface area contributed by atoms with Crippen LogP contribution < -0.4 is 31.7 Å². The van der Waals surface area contributed by atoms with Crippen molar-refractivity contribution in [3.63, 3.8) is 0 Å². The minimum Gasteiger partial charge on any atom is -0.489 e.